The van der Waals surface area contributed by atoms with Gasteiger partial charge in [0.2, 0.25) is 5.95 Å². The van der Waals surface area contributed by atoms with Gasteiger partial charge >= 0.3 is 6.18 Å². The lowest BCUT2D eigenvalue weighted by Crippen LogP contribution is -2.38. The fraction of sp³-hybridized carbons (Fsp3) is 0.276. The van der Waals surface area contributed by atoms with Crippen LogP contribution in [-0.2, 0) is 17.5 Å². The molecule has 1 aromatic carbocycles. The third kappa shape index (κ3) is 6.31. The van der Waals surface area contributed by atoms with Gasteiger partial charge in [-0.1, -0.05) is 18.2 Å². The Balaban J connectivity index is 1.07. The van der Waals surface area contributed by atoms with Crippen molar-refractivity contribution in [2.75, 3.05) is 24.5 Å². The highest BCUT2D eigenvalue weighted by Crippen LogP contribution is 2.34. The molecule has 216 valence electrons. The maximum atomic E-state index is 13.7. The number of imide groups is 1. The Morgan fingerprint density at radius 2 is 1.90 bits per heavy atom. The van der Waals surface area contributed by atoms with E-state index in [4.69, 9.17) is 4.42 Å². The first-order chi connectivity index (χ1) is 20.2. The van der Waals surface area contributed by atoms with Crippen molar-refractivity contribution in [2.45, 2.75) is 25.6 Å². The summed E-state index contributed by atoms with van der Waals surface area (Å²) in [6.07, 6.45) is 0.349. The Morgan fingerprint density at radius 3 is 2.64 bits per heavy atom. The van der Waals surface area contributed by atoms with E-state index in [1.165, 1.54) is 0 Å². The number of carbonyl (C=O) groups excluding carboxylic acids is 2. The molecule has 0 bridgehead atoms. The third-order valence-corrected chi connectivity index (χ3v) is 7.92. The number of halogens is 3. The lowest BCUT2D eigenvalue weighted by atomic mass is 9.97. The Kier molecular flexibility index (Phi) is 7.69. The molecular formula is C29H25F3N6O3S. The van der Waals surface area contributed by atoms with Crippen molar-refractivity contribution in [1.29, 1.82) is 0 Å². The minimum Gasteiger partial charge on any atom is -0.454 e. The SMILES string of the molecule is O=C1NC(=O)C(=Cc2ccnc(N3CCC(CNCc4cc(C(F)(F)F)cc(-c5cc6ccccc6o5)n4)CC3)n2)S1. The highest BCUT2D eigenvalue weighted by Gasteiger charge is 2.32. The van der Waals surface area contributed by atoms with Gasteiger partial charge in [-0.15, -0.1) is 0 Å². The number of aromatic nitrogens is 3. The summed E-state index contributed by atoms with van der Waals surface area (Å²) in [4.78, 5) is 38.9. The van der Waals surface area contributed by atoms with Crippen LogP contribution in [0, 0.1) is 5.92 Å². The zero-order chi connectivity index (χ0) is 29.3. The number of alkyl halides is 3. The Morgan fingerprint density at radius 1 is 1.10 bits per heavy atom. The number of hydrogen-bond acceptors (Lipinski definition) is 9. The minimum absolute atomic E-state index is 0.141. The number of pyridine rings is 1. The molecule has 0 spiro atoms. The Hall–Kier alpha value is -4.23. The van der Waals surface area contributed by atoms with E-state index < -0.39 is 22.9 Å². The monoisotopic (exact) mass is 594 g/mol. The molecular weight excluding hydrogens is 569 g/mol. The predicted octanol–water partition coefficient (Wildman–Crippen LogP) is 5.63. The molecule has 2 aliphatic rings. The molecule has 0 atom stereocenters. The highest BCUT2D eigenvalue weighted by atomic mass is 32.2. The van der Waals surface area contributed by atoms with E-state index in [0.717, 1.165) is 42.1 Å². The van der Waals surface area contributed by atoms with E-state index in [0.29, 0.717) is 42.8 Å². The Labute approximate surface area is 242 Å². The molecule has 4 aromatic rings. The number of nitrogens with zero attached hydrogens (tertiary/aromatic N) is 4. The molecule has 0 radical (unpaired) electrons. The number of furan rings is 1. The summed E-state index contributed by atoms with van der Waals surface area (Å²) in [7, 11) is 0. The number of anilines is 1. The number of para-hydroxylation sites is 1. The zero-order valence-electron chi connectivity index (χ0n) is 22.1. The van der Waals surface area contributed by atoms with Crippen LogP contribution >= 0.6 is 11.8 Å². The van der Waals surface area contributed by atoms with Crippen molar-refractivity contribution < 1.29 is 27.2 Å². The molecule has 0 unspecified atom stereocenters. The van der Waals surface area contributed by atoms with Crippen molar-refractivity contribution in [1.82, 2.24) is 25.6 Å². The molecule has 13 heteroatoms. The van der Waals surface area contributed by atoms with Gasteiger partial charge in [-0.05, 0) is 73.5 Å². The molecule has 0 aliphatic carbocycles. The van der Waals surface area contributed by atoms with Gasteiger partial charge in [0.05, 0.1) is 21.9 Å². The maximum Gasteiger partial charge on any atom is 0.416 e. The molecule has 2 aliphatic heterocycles. The van der Waals surface area contributed by atoms with Crippen LogP contribution in [0.3, 0.4) is 0 Å². The number of benzene rings is 1. The maximum absolute atomic E-state index is 13.7. The summed E-state index contributed by atoms with van der Waals surface area (Å²) in [5.41, 5.74) is 0.778. The predicted molar refractivity (Wildman–Crippen MR) is 152 cm³/mol. The van der Waals surface area contributed by atoms with Crippen LogP contribution in [0.15, 0.2) is 64.1 Å². The number of piperidine rings is 1. The number of nitrogens with one attached hydrogen (secondary N) is 2. The molecule has 2 saturated heterocycles. The minimum atomic E-state index is -4.51. The zero-order valence-corrected chi connectivity index (χ0v) is 23.0. The number of carbonyl (C=O) groups is 2. The molecule has 0 saturated carbocycles. The fourth-order valence-electron chi connectivity index (χ4n) is 4.97. The van der Waals surface area contributed by atoms with Crippen LogP contribution in [0.25, 0.3) is 28.5 Å². The molecule has 42 heavy (non-hydrogen) atoms. The molecule has 3 aromatic heterocycles. The summed E-state index contributed by atoms with van der Waals surface area (Å²) in [5, 5.41) is 5.89. The van der Waals surface area contributed by atoms with E-state index in [1.807, 2.05) is 12.1 Å². The smallest absolute Gasteiger partial charge is 0.416 e. The van der Waals surface area contributed by atoms with Gasteiger partial charge in [-0.3, -0.25) is 14.9 Å². The summed E-state index contributed by atoms with van der Waals surface area (Å²) in [6, 6.07) is 12.7. The standard InChI is InChI=1S/C29H25F3N6O3S/c30-29(31,32)19-12-21(35-22(13-19)24-11-18-3-1-2-4-23(18)41-24)16-33-15-17-6-9-38(10-7-17)27-34-8-5-20(36-27)14-25-26(39)37-28(40)42-25/h1-5,8,11-14,17,33H,6-7,9-10,15-16H2,(H,37,39,40). The second-order valence-corrected chi connectivity index (χ2v) is 11.1. The summed E-state index contributed by atoms with van der Waals surface area (Å²) >= 11 is 0.834. The largest absolute Gasteiger partial charge is 0.454 e. The lowest BCUT2D eigenvalue weighted by molar-refractivity contribution is -0.137. The molecule has 2 fully saturated rings. The van der Waals surface area contributed by atoms with Crippen LogP contribution in [0.5, 0.6) is 0 Å². The summed E-state index contributed by atoms with van der Waals surface area (Å²) in [6.45, 7) is 2.22. The average molecular weight is 595 g/mol. The van der Waals surface area contributed by atoms with E-state index in [-0.39, 0.29) is 28.6 Å². The van der Waals surface area contributed by atoms with Gasteiger partial charge in [0.1, 0.15) is 11.3 Å². The fourth-order valence-corrected chi connectivity index (χ4v) is 5.63. The molecule has 9 nitrogen and oxygen atoms in total. The van der Waals surface area contributed by atoms with Gasteiger partial charge in [0.25, 0.3) is 11.1 Å². The van der Waals surface area contributed by atoms with Crippen LogP contribution in [0.4, 0.5) is 23.9 Å². The highest BCUT2D eigenvalue weighted by molar-refractivity contribution is 8.18. The number of amides is 2. The first-order valence-electron chi connectivity index (χ1n) is 13.3. The van der Waals surface area contributed by atoms with Gasteiger partial charge in [0.15, 0.2) is 5.76 Å². The van der Waals surface area contributed by atoms with E-state index in [2.05, 4.69) is 30.5 Å². The quantitative estimate of drug-likeness (QED) is 0.263. The average Bonchev–Trinajstić information content (AvgIpc) is 3.55. The second kappa shape index (κ2) is 11.6. The van der Waals surface area contributed by atoms with Crippen molar-refractivity contribution in [3.05, 3.63) is 76.6 Å². The van der Waals surface area contributed by atoms with E-state index in [1.54, 1.807) is 36.5 Å². The van der Waals surface area contributed by atoms with Gasteiger partial charge in [-0.2, -0.15) is 13.2 Å². The van der Waals surface area contributed by atoms with Gasteiger partial charge < -0.3 is 14.6 Å². The third-order valence-electron chi connectivity index (χ3n) is 7.11. The second-order valence-electron chi connectivity index (χ2n) is 10.1. The molecule has 2 N–H and O–H groups in total. The first kappa shape index (κ1) is 27.9. The van der Waals surface area contributed by atoms with Crippen LogP contribution in [0.1, 0.15) is 29.8 Å². The van der Waals surface area contributed by atoms with Crippen LogP contribution < -0.4 is 15.5 Å². The van der Waals surface area contributed by atoms with Crippen molar-refractivity contribution in [3.8, 4) is 11.5 Å². The summed E-state index contributed by atoms with van der Waals surface area (Å²) < 4.78 is 46.8. The van der Waals surface area contributed by atoms with Crippen molar-refractivity contribution in [3.63, 3.8) is 0 Å². The van der Waals surface area contributed by atoms with E-state index >= 15 is 0 Å². The lowest BCUT2D eigenvalue weighted by Gasteiger charge is -2.32. The normalized spacial score (nSPS) is 17.4. The van der Waals surface area contributed by atoms with Gasteiger partial charge in [-0.25, -0.2) is 15.0 Å². The van der Waals surface area contributed by atoms with Crippen LogP contribution in [-0.4, -0.2) is 45.7 Å². The van der Waals surface area contributed by atoms with Crippen molar-refractivity contribution in [2.24, 2.45) is 5.92 Å². The van der Waals surface area contributed by atoms with Crippen LogP contribution in [0.2, 0.25) is 0 Å². The molecule has 6 rings (SSSR count). The first-order valence-corrected chi connectivity index (χ1v) is 14.1. The Bertz CT molecular complexity index is 1650. The molecule has 5 heterocycles. The van der Waals surface area contributed by atoms with Crippen molar-refractivity contribution >= 4 is 45.9 Å². The van der Waals surface area contributed by atoms with Gasteiger partial charge in [0, 0.05) is 31.2 Å². The number of thioether (sulfide) groups is 1. The van der Waals surface area contributed by atoms with E-state index in [9.17, 15) is 22.8 Å². The molecule has 2 amide bonds. The summed E-state index contributed by atoms with van der Waals surface area (Å²) in [5.74, 6) is 0.704. The topological polar surface area (TPSA) is 113 Å². The number of hydrogen-bond donors (Lipinski definition) is 2. The number of fused-ring (bicyclic) bond motifs is 1. The number of rotatable bonds is 7.